The van der Waals surface area contributed by atoms with Crippen LogP contribution in [-0.4, -0.2) is 18.1 Å². The third-order valence-electron chi connectivity index (χ3n) is 2.16. The van der Waals surface area contributed by atoms with Crippen LogP contribution >= 0.6 is 0 Å². The van der Waals surface area contributed by atoms with Gasteiger partial charge in [-0.05, 0) is 12.1 Å². The number of halogens is 5. The highest BCUT2D eigenvalue weighted by Gasteiger charge is 2.60. The van der Waals surface area contributed by atoms with Crippen LogP contribution in [0.3, 0.4) is 0 Å². The number of ether oxygens (including phenoxy) is 2. The largest absolute Gasteiger partial charge is 0.458 e. The van der Waals surface area contributed by atoms with Crippen molar-refractivity contribution in [3.8, 4) is 11.5 Å². The van der Waals surface area contributed by atoms with Gasteiger partial charge in [-0.3, -0.25) is 9.59 Å². The van der Waals surface area contributed by atoms with Crippen LogP contribution in [0.15, 0.2) is 18.2 Å². The maximum Gasteiger partial charge on any atom is 0.458 e. The molecule has 0 aromatic heterocycles. The van der Waals surface area contributed by atoms with Crippen molar-refractivity contribution in [2.24, 2.45) is 0 Å². The molecule has 0 atom stereocenters. The fourth-order valence-corrected chi connectivity index (χ4v) is 1.38. The van der Waals surface area contributed by atoms with Crippen LogP contribution in [-0.2, 0) is 15.5 Å². The van der Waals surface area contributed by atoms with Gasteiger partial charge in [0.15, 0.2) is 0 Å². The zero-order valence-electron chi connectivity index (χ0n) is 10.8. The molecule has 4 nitrogen and oxygen atoms in total. The standard InChI is InChI=1S/C12H9F5O4/c1-6(18)20-8-3-4-9(10(5-8)21-7(2)19)11(13,14)12(15,16)17/h3-5H,1-2H3. The van der Waals surface area contributed by atoms with E-state index in [2.05, 4.69) is 9.47 Å². The second-order valence-corrected chi connectivity index (χ2v) is 3.92. The van der Waals surface area contributed by atoms with Gasteiger partial charge in [-0.1, -0.05) is 0 Å². The Balaban J connectivity index is 3.37. The molecular weight excluding hydrogens is 303 g/mol. The Hall–Kier alpha value is -2.19. The fraction of sp³-hybridized carbons (Fsp3) is 0.333. The first-order chi connectivity index (χ1) is 9.45. The minimum absolute atomic E-state index is 0.333. The average Bonchev–Trinajstić information content (AvgIpc) is 2.25. The molecule has 0 fully saturated rings. The van der Waals surface area contributed by atoms with Crippen molar-refractivity contribution in [2.75, 3.05) is 0 Å². The molecule has 0 radical (unpaired) electrons. The third-order valence-corrected chi connectivity index (χ3v) is 2.16. The lowest BCUT2D eigenvalue weighted by molar-refractivity contribution is -0.289. The van der Waals surface area contributed by atoms with E-state index in [9.17, 15) is 31.5 Å². The van der Waals surface area contributed by atoms with Crippen molar-refractivity contribution < 1.29 is 41.0 Å². The molecule has 0 aliphatic carbocycles. The van der Waals surface area contributed by atoms with Crippen molar-refractivity contribution >= 4 is 11.9 Å². The second-order valence-electron chi connectivity index (χ2n) is 3.92. The Morgan fingerprint density at radius 3 is 1.90 bits per heavy atom. The molecule has 0 N–H and O–H groups in total. The Kier molecular flexibility index (Phi) is 4.55. The Morgan fingerprint density at radius 2 is 1.48 bits per heavy atom. The van der Waals surface area contributed by atoms with Crippen LogP contribution in [0.25, 0.3) is 0 Å². The van der Waals surface area contributed by atoms with E-state index in [1.54, 1.807) is 0 Å². The minimum Gasteiger partial charge on any atom is -0.427 e. The van der Waals surface area contributed by atoms with Gasteiger partial charge >= 0.3 is 24.0 Å². The second kappa shape index (κ2) is 5.66. The molecule has 0 spiro atoms. The molecule has 0 saturated heterocycles. The van der Waals surface area contributed by atoms with Crippen molar-refractivity contribution in [2.45, 2.75) is 25.9 Å². The van der Waals surface area contributed by atoms with Crippen molar-refractivity contribution in [3.05, 3.63) is 23.8 Å². The summed E-state index contributed by atoms with van der Waals surface area (Å²) in [5.41, 5.74) is -1.55. The number of hydrogen-bond donors (Lipinski definition) is 0. The first-order valence-electron chi connectivity index (χ1n) is 5.41. The van der Waals surface area contributed by atoms with Gasteiger partial charge in [-0.2, -0.15) is 22.0 Å². The van der Waals surface area contributed by atoms with Crippen LogP contribution in [0.4, 0.5) is 22.0 Å². The third kappa shape index (κ3) is 3.89. The van der Waals surface area contributed by atoms with Gasteiger partial charge in [0.2, 0.25) is 0 Å². The summed E-state index contributed by atoms with van der Waals surface area (Å²) in [5, 5.41) is 0. The number of rotatable bonds is 3. The molecule has 21 heavy (non-hydrogen) atoms. The zero-order chi connectivity index (χ0) is 16.4. The van der Waals surface area contributed by atoms with E-state index in [-0.39, 0.29) is 5.75 Å². The molecule has 1 aromatic rings. The summed E-state index contributed by atoms with van der Waals surface area (Å²) < 4.78 is 72.7. The maximum absolute atomic E-state index is 13.3. The first-order valence-corrected chi connectivity index (χ1v) is 5.41. The molecule has 0 saturated carbocycles. The molecule has 0 aliphatic rings. The molecule has 1 rings (SSSR count). The van der Waals surface area contributed by atoms with E-state index in [4.69, 9.17) is 0 Å². The molecule has 0 heterocycles. The summed E-state index contributed by atoms with van der Waals surface area (Å²) in [7, 11) is 0. The van der Waals surface area contributed by atoms with Gasteiger partial charge in [0, 0.05) is 19.9 Å². The summed E-state index contributed by atoms with van der Waals surface area (Å²) in [6.07, 6.45) is -5.87. The number of hydrogen-bond acceptors (Lipinski definition) is 4. The van der Waals surface area contributed by atoms with Crippen LogP contribution in [0.2, 0.25) is 0 Å². The lowest BCUT2D eigenvalue weighted by atomic mass is 10.1. The summed E-state index contributed by atoms with van der Waals surface area (Å²) in [6, 6.07) is 1.73. The highest BCUT2D eigenvalue weighted by molar-refractivity contribution is 5.72. The normalized spacial score (nSPS) is 12.0. The molecule has 1 aromatic carbocycles. The first kappa shape index (κ1) is 16.9. The van der Waals surface area contributed by atoms with E-state index in [1.165, 1.54) is 0 Å². The summed E-state index contributed by atoms with van der Waals surface area (Å²) in [6.45, 7) is 1.83. The Bertz CT molecular complexity index is 565. The van der Waals surface area contributed by atoms with E-state index in [1.807, 2.05) is 0 Å². The minimum atomic E-state index is -5.87. The number of carbonyl (C=O) groups excluding carboxylic acids is 2. The maximum atomic E-state index is 13.3. The summed E-state index contributed by atoms with van der Waals surface area (Å²) in [5.74, 6) is -8.52. The van der Waals surface area contributed by atoms with Crippen LogP contribution in [0.5, 0.6) is 11.5 Å². The lowest BCUT2D eigenvalue weighted by Gasteiger charge is -2.22. The monoisotopic (exact) mass is 312 g/mol. The van der Waals surface area contributed by atoms with Gasteiger partial charge < -0.3 is 9.47 Å². The van der Waals surface area contributed by atoms with Gasteiger partial charge in [0.1, 0.15) is 11.5 Å². The van der Waals surface area contributed by atoms with E-state index in [0.717, 1.165) is 19.9 Å². The zero-order valence-corrected chi connectivity index (χ0v) is 10.8. The van der Waals surface area contributed by atoms with Gasteiger partial charge in [0.25, 0.3) is 0 Å². The highest BCUT2D eigenvalue weighted by atomic mass is 19.4. The Labute approximate surface area is 115 Å². The average molecular weight is 312 g/mol. The topological polar surface area (TPSA) is 52.6 Å². The predicted octanol–water partition coefficient (Wildman–Crippen LogP) is 3.19. The lowest BCUT2D eigenvalue weighted by Crippen LogP contribution is -2.34. The molecule has 9 heteroatoms. The Morgan fingerprint density at radius 1 is 0.952 bits per heavy atom. The summed E-state index contributed by atoms with van der Waals surface area (Å²) >= 11 is 0. The molecule has 0 bridgehead atoms. The molecular formula is C12H9F5O4. The van der Waals surface area contributed by atoms with Crippen LogP contribution in [0, 0.1) is 0 Å². The van der Waals surface area contributed by atoms with Gasteiger partial charge in [-0.25, -0.2) is 0 Å². The van der Waals surface area contributed by atoms with Crippen molar-refractivity contribution in [1.29, 1.82) is 0 Å². The van der Waals surface area contributed by atoms with E-state index < -0.39 is 35.4 Å². The smallest absolute Gasteiger partial charge is 0.427 e. The van der Waals surface area contributed by atoms with Crippen LogP contribution < -0.4 is 9.47 Å². The highest BCUT2D eigenvalue weighted by Crippen LogP contribution is 2.47. The fourth-order valence-electron chi connectivity index (χ4n) is 1.38. The number of carbonyl (C=O) groups is 2. The number of benzene rings is 1. The molecule has 0 aliphatic heterocycles. The van der Waals surface area contributed by atoms with Crippen LogP contribution in [0.1, 0.15) is 19.4 Å². The van der Waals surface area contributed by atoms with Crippen molar-refractivity contribution in [1.82, 2.24) is 0 Å². The number of esters is 2. The molecule has 0 unspecified atom stereocenters. The summed E-state index contributed by atoms with van der Waals surface area (Å²) in [4.78, 5) is 21.5. The SMILES string of the molecule is CC(=O)Oc1ccc(C(F)(F)C(F)(F)F)c(OC(C)=O)c1. The number of alkyl halides is 5. The van der Waals surface area contributed by atoms with E-state index in [0.29, 0.717) is 12.1 Å². The molecule has 116 valence electrons. The van der Waals surface area contributed by atoms with Gasteiger partial charge in [-0.15, -0.1) is 0 Å². The molecule has 0 amide bonds. The van der Waals surface area contributed by atoms with E-state index >= 15 is 0 Å². The predicted molar refractivity (Wildman–Crippen MR) is 59.0 cm³/mol. The quantitative estimate of drug-likeness (QED) is 0.489. The van der Waals surface area contributed by atoms with Crippen molar-refractivity contribution in [3.63, 3.8) is 0 Å². The van der Waals surface area contributed by atoms with Gasteiger partial charge in [0.05, 0.1) is 5.56 Å².